The summed E-state index contributed by atoms with van der Waals surface area (Å²) < 4.78 is 86.4. The number of ether oxygens (including phenoxy) is 1. The summed E-state index contributed by atoms with van der Waals surface area (Å²) in [5.41, 5.74) is 5.75. The molecule has 2 aromatic carbocycles. The first kappa shape index (κ1) is 27.7. The van der Waals surface area contributed by atoms with Crippen LogP contribution in [0.1, 0.15) is 23.5 Å². The van der Waals surface area contributed by atoms with Gasteiger partial charge in [0.25, 0.3) is 0 Å². The van der Waals surface area contributed by atoms with Crippen LogP contribution in [0.3, 0.4) is 0 Å². The largest absolute Gasteiger partial charge is 0.497 e. The average molecular weight is 547 g/mol. The summed E-state index contributed by atoms with van der Waals surface area (Å²) in [6, 6.07) is 9.39. The van der Waals surface area contributed by atoms with Gasteiger partial charge < -0.3 is 20.3 Å². The minimum atomic E-state index is -5.77. The molecule has 0 bridgehead atoms. The molecule has 206 valence electrons. The molecular weight excluding hydrogens is 523 g/mol. The van der Waals surface area contributed by atoms with Gasteiger partial charge in [0, 0.05) is 49.5 Å². The number of nitrogens with zero attached hydrogens (tertiary/aromatic N) is 1. The fourth-order valence-electron chi connectivity index (χ4n) is 5.11. The number of Topliss-reactive ketones (excluding diaryl/α,β-unsaturated/α-hetero) is 2. The first-order valence-corrected chi connectivity index (χ1v) is 11.7. The summed E-state index contributed by atoms with van der Waals surface area (Å²) in [5, 5.41) is 6.86. The zero-order chi connectivity index (χ0) is 27.8. The van der Waals surface area contributed by atoms with Crippen LogP contribution in [0.25, 0.3) is 0 Å². The molecule has 3 heterocycles. The molecule has 0 saturated carbocycles. The number of nitrogens with one attached hydrogen (secondary N) is 2. The van der Waals surface area contributed by atoms with Gasteiger partial charge >= 0.3 is 23.9 Å². The van der Waals surface area contributed by atoms with E-state index in [0.29, 0.717) is 23.3 Å². The molecule has 0 aromatic heterocycles. The van der Waals surface area contributed by atoms with Gasteiger partial charge in [-0.2, -0.15) is 26.3 Å². The standard InChI is InChI=1S/C21H24FN3O.C4F6O2/c1-26-16-4-5-20(19(22)9-16)24-15-7-13-3-2-6-25-12-14-10-23-11-18(14)17(8-15)21(13)25;5-3(6,7)1(11)2(12)4(8,9)10/h4-5,7-9,14,18,23-24H,2-3,6,10-12H2,1H3;/t14-,18-;/m1./s1. The molecule has 0 unspecified atom stereocenters. The number of aryl methyl sites for hydroxylation is 1. The van der Waals surface area contributed by atoms with Crippen molar-refractivity contribution in [3.8, 4) is 5.75 Å². The summed E-state index contributed by atoms with van der Waals surface area (Å²) >= 11 is 0. The lowest BCUT2D eigenvalue weighted by Gasteiger charge is -2.42. The van der Waals surface area contributed by atoms with Gasteiger partial charge in [0.15, 0.2) is 0 Å². The number of fused-ring (bicyclic) bond motifs is 2. The summed E-state index contributed by atoms with van der Waals surface area (Å²) in [4.78, 5) is 21.8. The Bertz CT molecular complexity index is 1210. The second-order valence-corrected chi connectivity index (χ2v) is 9.27. The highest BCUT2D eigenvalue weighted by atomic mass is 19.4. The smallest absolute Gasteiger partial charge is 0.458 e. The Labute approximate surface area is 213 Å². The Morgan fingerprint density at radius 2 is 1.71 bits per heavy atom. The van der Waals surface area contributed by atoms with Crippen LogP contribution in [0.4, 0.5) is 47.8 Å². The predicted molar refractivity (Wildman–Crippen MR) is 124 cm³/mol. The second-order valence-electron chi connectivity index (χ2n) is 9.27. The molecule has 0 spiro atoms. The third kappa shape index (κ3) is 5.71. The molecule has 0 radical (unpaired) electrons. The molecule has 1 saturated heterocycles. The Balaban J connectivity index is 0.000000240. The lowest BCUT2D eigenvalue weighted by Crippen LogP contribution is -2.41. The third-order valence-corrected chi connectivity index (χ3v) is 6.78. The van der Waals surface area contributed by atoms with Gasteiger partial charge in [-0.15, -0.1) is 0 Å². The van der Waals surface area contributed by atoms with E-state index in [1.165, 1.54) is 29.3 Å². The zero-order valence-corrected chi connectivity index (χ0v) is 20.1. The molecule has 3 aliphatic heterocycles. The number of hydrogen-bond acceptors (Lipinski definition) is 6. The van der Waals surface area contributed by atoms with Crippen molar-refractivity contribution in [3.63, 3.8) is 0 Å². The number of rotatable bonds is 4. The van der Waals surface area contributed by atoms with Crippen molar-refractivity contribution < 1.29 is 45.1 Å². The average Bonchev–Trinajstić information content (AvgIpc) is 3.32. The fourth-order valence-corrected chi connectivity index (χ4v) is 5.11. The van der Waals surface area contributed by atoms with Gasteiger partial charge in [-0.05, 0) is 54.2 Å². The highest BCUT2D eigenvalue weighted by molar-refractivity contribution is 6.41. The Morgan fingerprint density at radius 3 is 2.32 bits per heavy atom. The molecule has 5 rings (SSSR count). The Kier molecular flexibility index (Phi) is 7.60. The van der Waals surface area contributed by atoms with Crippen LogP contribution < -0.4 is 20.3 Å². The number of halogens is 7. The first-order valence-electron chi connectivity index (χ1n) is 11.7. The van der Waals surface area contributed by atoms with Gasteiger partial charge in [-0.1, -0.05) is 0 Å². The van der Waals surface area contributed by atoms with Crippen LogP contribution in [0.15, 0.2) is 30.3 Å². The lowest BCUT2D eigenvalue weighted by molar-refractivity contribution is -0.193. The van der Waals surface area contributed by atoms with E-state index in [1.807, 2.05) is 0 Å². The summed E-state index contributed by atoms with van der Waals surface area (Å²) in [7, 11) is 1.55. The maximum atomic E-state index is 14.4. The number of carbonyl (C=O) groups excluding carboxylic acids is 2. The van der Waals surface area contributed by atoms with Crippen LogP contribution in [0.2, 0.25) is 0 Å². The van der Waals surface area contributed by atoms with E-state index in [4.69, 9.17) is 4.74 Å². The van der Waals surface area contributed by atoms with Crippen molar-refractivity contribution in [2.75, 3.05) is 43.5 Å². The van der Waals surface area contributed by atoms with Gasteiger partial charge in [-0.25, -0.2) is 4.39 Å². The van der Waals surface area contributed by atoms with Crippen LogP contribution in [-0.2, 0) is 16.0 Å². The number of hydrogen-bond donors (Lipinski definition) is 2. The molecule has 2 aromatic rings. The number of methoxy groups -OCH3 is 1. The normalized spacial score (nSPS) is 20.1. The summed E-state index contributed by atoms with van der Waals surface area (Å²) in [6.45, 7) is 4.46. The topological polar surface area (TPSA) is 70.7 Å². The Hall–Kier alpha value is -3.35. The van der Waals surface area contributed by atoms with Crippen molar-refractivity contribution in [2.24, 2.45) is 5.92 Å². The van der Waals surface area contributed by atoms with Crippen LogP contribution in [0, 0.1) is 11.7 Å². The monoisotopic (exact) mass is 547 g/mol. The van der Waals surface area contributed by atoms with Gasteiger partial charge in [0.2, 0.25) is 0 Å². The van der Waals surface area contributed by atoms with Gasteiger partial charge in [0.1, 0.15) is 11.6 Å². The number of carbonyl (C=O) groups is 2. The third-order valence-electron chi connectivity index (χ3n) is 6.78. The lowest BCUT2D eigenvalue weighted by atomic mass is 9.80. The Morgan fingerprint density at radius 1 is 1.03 bits per heavy atom. The molecule has 0 aliphatic carbocycles. The predicted octanol–water partition coefficient (Wildman–Crippen LogP) is 4.90. The highest BCUT2D eigenvalue weighted by Gasteiger charge is 2.54. The van der Waals surface area contributed by atoms with E-state index in [0.717, 1.165) is 38.3 Å². The van der Waals surface area contributed by atoms with Crippen LogP contribution in [-0.4, -0.2) is 57.2 Å². The van der Waals surface area contributed by atoms with Crippen LogP contribution >= 0.6 is 0 Å². The quantitative estimate of drug-likeness (QED) is 0.420. The second kappa shape index (κ2) is 10.4. The number of benzene rings is 2. The minimum absolute atomic E-state index is 0.294. The van der Waals surface area contributed by atoms with Gasteiger partial charge in [0.05, 0.1) is 12.8 Å². The molecule has 2 N–H and O–H groups in total. The van der Waals surface area contributed by atoms with Crippen LogP contribution in [0.5, 0.6) is 5.75 Å². The zero-order valence-electron chi connectivity index (χ0n) is 20.1. The summed E-state index contributed by atoms with van der Waals surface area (Å²) in [5.74, 6) is -5.33. The molecule has 2 atom stereocenters. The van der Waals surface area contributed by atoms with E-state index >= 15 is 0 Å². The maximum absolute atomic E-state index is 14.4. The molecule has 38 heavy (non-hydrogen) atoms. The highest BCUT2D eigenvalue weighted by Crippen LogP contribution is 2.46. The molecule has 3 aliphatic rings. The number of ketones is 2. The molecular formula is C25H24F7N3O3. The van der Waals surface area contributed by atoms with Crippen molar-refractivity contribution in [3.05, 3.63) is 47.3 Å². The molecule has 1 fully saturated rings. The van der Waals surface area contributed by atoms with E-state index in [9.17, 15) is 40.3 Å². The maximum Gasteiger partial charge on any atom is 0.458 e. The first-order chi connectivity index (χ1) is 17.8. The summed E-state index contributed by atoms with van der Waals surface area (Å²) in [6.07, 6.45) is -9.25. The van der Waals surface area contributed by atoms with E-state index in [2.05, 4.69) is 27.7 Å². The minimum Gasteiger partial charge on any atom is -0.497 e. The molecule has 13 heteroatoms. The number of alkyl halides is 6. The van der Waals surface area contributed by atoms with Crippen molar-refractivity contribution in [1.82, 2.24) is 5.32 Å². The van der Waals surface area contributed by atoms with E-state index in [1.54, 1.807) is 19.2 Å². The SMILES string of the molecule is COc1ccc(Nc2cc3c4c(c2)[C@@H]2CNC[C@@H]2CN4CCC3)c(F)c1.O=C(C(=O)C(F)(F)F)C(F)(F)F. The molecule has 0 amide bonds. The van der Waals surface area contributed by atoms with Crippen molar-refractivity contribution in [1.29, 1.82) is 0 Å². The van der Waals surface area contributed by atoms with Crippen molar-refractivity contribution >= 4 is 28.6 Å². The van der Waals surface area contributed by atoms with Gasteiger partial charge in [-0.3, -0.25) is 9.59 Å². The van der Waals surface area contributed by atoms with E-state index in [-0.39, 0.29) is 5.82 Å². The fraction of sp³-hybridized carbons (Fsp3) is 0.440. The van der Waals surface area contributed by atoms with Crippen molar-refractivity contribution in [2.45, 2.75) is 31.1 Å². The van der Waals surface area contributed by atoms with E-state index < -0.39 is 23.9 Å². The number of anilines is 3. The molecule has 6 nitrogen and oxygen atoms in total.